The van der Waals surface area contributed by atoms with E-state index in [-0.39, 0.29) is 5.56 Å². The Balaban J connectivity index is 2.12. The Hall–Kier alpha value is -1.35. The molecule has 0 amide bonds. The van der Waals surface area contributed by atoms with Crippen LogP contribution in [0, 0.1) is 0 Å². The van der Waals surface area contributed by atoms with E-state index >= 15 is 0 Å². The van der Waals surface area contributed by atoms with Gasteiger partial charge in [0.05, 0.1) is 0 Å². The molecule has 0 saturated heterocycles. The molecule has 1 aromatic carbocycles. The zero-order valence-corrected chi connectivity index (χ0v) is 10.4. The number of halogens is 1. The van der Waals surface area contributed by atoms with Gasteiger partial charge in [0.15, 0.2) is 0 Å². The van der Waals surface area contributed by atoms with E-state index in [9.17, 15) is 4.79 Å². The molecule has 0 atom stereocenters. The quantitative estimate of drug-likeness (QED) is 0.846. The van der Waals surface area contributed by atoms with Crippen LogP contribution in [0.15, 0.2) is 57.9 Å². The van der Waals surface area contributed by atoms with Gasteiger partial charge in [0, 0.05) is 23.3 Å². The molecule has 2 aromatic rings. The van der Waals surface area contributed by atoms with Gasteiger partial charge in [-0.05, 0) is 24.1 Å². The SMILES string of the molecule is O=c1ccccn1CCc1ccccc1Br. The normalized spacial score (nSPS) is 10.3. The zero-order valence-electron chi connectivity index (χ0n) is 8.77. The number of rotatable bonds is 3. The van der Waals surface area contributed by atoms with Gasteiger partial charge >= 0.3 is 0 Å². The summed E-state index contributed by atoms with van der Waals surface area (Å²) >= 11 is 3.50. The highest BCUT2D eigenvalue weighted by atomic mass is 79.9. The van der Waals surface area contributed by atoms with Crippen LogP contribution >= 0.6 is 15.9 Å². The van der Waals surface area contributed by atoms with Crippen LogP contribution in [0.2, 0.25) is 0 Å². The standard InChI is InChI=1S/C13H12BrNO/c14-12-6-2-1-5-11(12)8-10-15-9-4-3-7-13(15)16/h1-7,9H,8,10H2. The largest absolute Gasteiger partial charge is 0.315 e. The maximum Gasteiger partial charge on any atom is 0.250 e. The monoisotopic (exact) mass is 277 g/mol. The molecular weight excluding hydrogens is 266 g/mol. The Kier molecular flexibility index (Phi) is 3.57. The van der Waals surface area contributed by atoms with Crippen LogP contribution in [0.1, 0.15) is 5.56 Å². The molecule has 0 radical (unpaired) electrons. The van der Waals surface area contributed by atoms with Crippen molar-refractivity contribution in [2.75, 3.05) is 0 Å². The van der Waals surface area contributed by atoms with Crippen LogP contribution < -0.4 is 5.56 Å². The Bertz CT molecular complexity index is 533. The maximum atomic E-state index is 11.5. The van der Waals surface area contributed by atoms with Crippen molar-refractivity contribution in [1.29, 1.82) is 0 Å². The van der Waals surface area contributed by atoms with Gasteiger partial charge in [-0.25, -0.2) is 0 Å². The second kappa shape index (κ2) is 5.12. The Morgan fingerprint density at radius 1 is 1.06 bits per heavy atom. The van der Waals surface area contributed by atoms with E-state index in [0.717, 1.165) is 10.9 Å². The predicted octanol–water partition coefficient (Wildman–Crippen LogP) is 2.85. The number of aromatic nitrogens is 1. The van der Waals surface area contributed by atoms with Gasteiger partial charge in [0.1, 0.15) is 0 Å². The first-order valence-corrected chi connectivity index (χ1v) is 5.95. The van der Waals surface area contributed by atoms with Crippen LogP contribution in [0.5, 0.6) is 0 Å². The van der Waals surface area contributed by atoms with E-state index < -0.39 is 0 Å². The van der Waals surface area contributed by atoms with Crippen molar-refractivity contribution >= 4 is 15.9 Å². The molecule has 1 heterocycles. The van der Waals surface area contributed by atoms with E-state index in [1.54, 1.807) is 16.7 Å². The van der Waals surface area contributed by atoms with Crippen molar-refractivity contribution in [2.24, 2.45) is 0 Å². The molecule has 0 saturated carbocycles. The summed E-state index contributed by atoms with van der Waals surface area (Å²) < 4.78 is 2.82. The van der Waals surface area contributed by atoms with Crippen LogP contribution in [0.4, 0.5) is 0 Å². The number of benzene rings is 1. The number of hydrogen-bond acceptors (Lipinski definition) is 1. The lowest BCUT2D eigenvalue weighted by atomic mass is 10.1. The lowest BCUT2D eigenvalue weighted by Gasteiger charge is -2.06. The van der Waals surface area contributed by atoms with Gasteiger partial charge in [-0.15, -0.1) is 0 Å². The second-order valence-electron chi connectivity index (χ2n) is 3.57. The third-order valence-electron chi connectivity index (χ3n) is 2.48. The molecule has 0 aliphatic rings. The summed E-state index contributed by atoms with van der Waals surface area (Å²) in [6, 6.07) is 13.3. The van der Waals surface area contributed by atoms with Crippen molar-refractivity contribution < 1.29 is 0 Å². The first kappa shape index (κ1) is 11.1. The molecule has 0 spiro atoms. The minimum atomic E-state index is 0.0505. The molecule has 0 aliphatic carbocycles. The number of hydrogen-bond donors (Lipinski definition) is 0. The van der Waals surface area contributed by atoms with Gasteiger partial charge < -0.3 is 4.57 Å². The molecule has 0 N–H and O–H groups in total. The lowest BCUT2D eigenvalue weighted by molar-refractivity contribution is 0.668. The minimum Gasteiger partial charge on any atom is -0.315 e. The molecular formula is C13H12BrNO. The Labute approximate surface area is 103 Å². The summed E-state index contributed by atoms with van der Waals surface area (Å²) in [5, 5.41) is 0. The molecule has 3 heteroatoms. The highest BCUT2D eigenvalue weighted by molar-refractivity contribution is 9.10. The summed E-state index contributed by atoms with van der Waals surface area (Å²) in [5.41, 5.74) is 1.27. The van der Waals surface area contributed by atoms with Crippen LogP contribution in [-0.2, 0) is 13.0 Å². The van der Waals surface area contributed by atoms with Crippen molar-refractivity contribution in [2.45, 2.75) is 13.0 Å². The third kappa shape index (κ3) is 2.61. The molecule has 0 unspecified atom stereocenters. The number of nitrogens with zero attached hydrogens (tertiary/aromatic N) is 1. The second-order valence-corrected chi connectivity index (χ2v) is 4.43. The fourth-order valence-electron chi connectivity index (χ4n) is 1.59. The van der Waals surface area contributed by atoms with Crippen LogP contribution in [-0.4, -0.2) is 4.57 Å². The summed E-state index contributed by atoms with van der Waals surface area (Å²) in [4.78, 5) is 11.5. The topological polar surface area (TPSA) is 22.0 Å². The van der Waals surface area contributed by atoms with Crippen LogP contribution in [0.25, 0.3) is 0 Å². The lowest BCUT2D eigenvalue weighted by Crippen LogP contribution is -2.18. The number of aryl methyl sites for hydroxylation is 2. The summed E-state index contributed by atoms with van der Waals surface area (Å²) in [5.74, 6) is 0. The van der Waals surface area contributed by atoms with E-state index in [4.69, 9.17) is 0 Å². The van der Waals surface area contributed by atoms with Crippen molar-refractivity contribution in [3.8, 4) is 0 Å². The molecule has 0 aliphatic heterocycles. The van der Waals surface area contributed by atoms with Crippen molar-refractivity contribution in [1.82, 2.24) is 4.57 Å². The summed E-state index contributed by atoms with van der Waals surface area (Å²) in [6.45, 7) is 0.711. The van der Waals surface area contributed by atoms with E-state index in [1.165, 1.54) is 5.56 Å². The molecule has 2 nitrogen and oxygen atoms in total. The Morgan fingerprint density at radius 3 is 2.56 bits per heavy atom. The fourth-order valence-corrected chi connectivity index (χ4v) is 2.07. The third-order valence-corrected chi connectivity index (χ3v) is 3.25. The predicted molar refractivity (Wildman–Crippen MR) is 68.5 cm³/mol. The average Bonchev–Trinajstić information content (AvgIpc) is 2.30. The molecule has 0 bridgehead atoms. The molecule has 16 heavy (non-hydrogen) atoms. The summed E-state index contributed by atoms with van der Waals surface area (Å²) in [6.07, 6.45) is 2.67. The van der Waals surface area contributed by atoms with E-state index in [0.29, 0.717) is 6.54 Å². The van der Waals surface area contributed by atoms with E-state index in [2.05, 4.69) is 22.0 Å². The molecule has 2 rings (SSSR count). The molecule has 0 fully saturated rings. The van der Waals surface area contributed by atoms with Crippen LogP contribution in [0.3, 0.4) is 0 Å². The molecule has 1 aromatic heterocycles. The zero-order chi connectivity index (χ0) is 11.4. The Morgan fingerprint density at radius 2 is 1.81 bits per heavy atom. The van der Waals surface area contributed by atoms with Gasteiger partial charge in [-0.3, -0.25) is 4.79 Å². The maximum absolute atomic E-state index is 11.5. The van der Waals surface area contributed by atoms with Gasteiger partial charge in [-0.1, -0.05) is 40.2 Å². The first-order chi connectivity index (χ1) is 7.77. The highest BCUT2D eigenvalue weighted by Gasteiger charge is 1.99. The van der Waals surface area contributed by atoms with Crippen molar-refractivity contribution in [3.63, 3.8) is 0 Å². The van der Waals surface area contributed by atoms with Gasteiger partial charge in [0.25, 0.3) is 5.56 Å². The van der Waals surface area contributed by atoms with Gasteiger partial charge in [0.2, 0.25) is 0 Å². The molecule has 82 valence electrons. The smallest absolute Gasteiger partial charge is 0.250 e. The van der Waals surface area contributed by atoms with E-state index in [1.807, 2.05) is 30.5 Å². The van der Waals surface area contributed by atoms with Gasteiger partial charge in [-0.2, -0.15) is 0 Å². The van der Waals surface area contributed by atoms with Crippen molar-refractivity contribution in [3.05, 3.63) is 69.1 Å². The first-order valence-electron chi connectivity index (χ1n) is 5.16. The summed E-state index contributed by atoms with van der Waals surface area (Å²) in [7, 11) is 0. The fraction of sp³-hybridized carbons (Fsp3) is 0.154. The number of pyridine rings is 1. The highest BCUT2D eigenvalue weighted by Crippen LogP contribution is 2.16. The average molecular weight is 278 g/mol. The minimum absolute atomic E-state index is 0.0505.